The van der Waals surface area contributed by atoms with E-state index in [2.05, 4.69) is 19.9 Å². The molecule has 53 heavy (non-hydrogen) atoms. The summed E-state index contributed by atoms with van der Waals surface area (Å²) in [5.74, 6) is -21.3. The number of halogens is 10. The molecule has 5 aromatic heterocycles. The van der Waals surface area contributed by atoms with Crippen molar-refractivity contribution in [2.24, 2.45) is 0 Å². The van der Waals surface area contributed by atoms with E-state index in [1.807, 2.05) is 0 Å². The van der Waals surface area contributed by atoms with E-state index in [1.54, 1.807) is 24.3 Å². The summed E-state index contributed by atoms with van der Waals surface area (Å²) in [6.45, 7) is 0. The smallest absolute Gasteiger partial charge is 0.239 e. The number of nitrogens with one attached hydrogen (secondary N) is 4. The molecular formula is C38H19F10N4O+. The Morgan fingerprint density at radius 2 is 0.755 bits per heavy atom. The summed E-state index contributed by atoms with van der Waals surface area (Å²) in [4.78, 5) is 11.8. The molecule has 0 radical (unpaired) electrons. The molecule has 4 N–H and O–H groups in total. The second-order valence-electron chi connectivity index (χ2n) is 11.9. The Kier molecular flexibility index (Phi) is 7.82. The molecule has 5 heterocycles. The van der Waals surface area contributed by atoms with E-state index in [-0.39, 0.29) is 44.1 Å². The average molecular weight is 738 g/mol. The molecule has 0 saturated carbocycles. The Balaban J connectivity index is 1.60. The highest BCUT2D eigenvalue weighted by Gasteiger charge is 2.34. The number of H-pyrrole nitrogens is 4. The molecule has 0 saturated heterocycles. The lowest BCUT2D eigenvalue weighted by Crippen LogP contribution is -2.04. The summed E-state index contributed by atoms with van der Waals surface area (Å²) in [7, 11) is 1.44. The first-order chi connectivity index (χ1) is 25.4. The van der Waals surface area contributed by atoms with Gasteiger partial charge in [-0.05, 0) is 54.1 Å². The number of ether oxygens (including phenoxy) is 1. The van der Waals surface area contributed by atoms with Crippen LogP contribution in [-0.4, -0.2) is 27.0 Å². The zero-order valence-electron chi connectivity index (χ0n) is 26.6. The van der Waals surface area contributed by atoms with Crippen LogP contribution in [0.2, 0.25) is 0 Å². The van der Waals surface area contributed by atoms with Gasteiger partial charge in [-0.1, -0.05) is 12.1 Å². The zero-order valence-corrected chi connectivity index (χ0v) is 26.6. The van der Waals surface area contributed by atoms with Crippen LogP contribution in [0.4, 0.5) is 43.9 Å². The minimum Gasteiger partial charge on any atom is -0.497 e. The SMILES string of the molecule is COc1ccc(-c2c3ccc([nH]3)c(-c3c(F)c(F)c(F)c(F)c3F)c3ccc([nH]3)c3ccc([nH]3)[c+](-c3c(F)c(F)c(F)c(F)c3F)c3ccc2[nH]3)cc1. The van der Waals surface area contributed by atoms with Crippen molar-refractivity contribution < 1.29 is 48.6 Å². The van der Waals surface area contributed by atoms with Gasteiger partial charge >= 0.3 is 0 Å². The van der Waals surface area contributed by atoms with Crippen molar-refractivity contribution >= 4 is 44.1 Å². The predicted octanol–water partition coefficient (Wildman–Crippen LogP) is 11.4. The van der Waals surface area contributed by atoms with Crippen molar-refractivity contribution in [3.8, 4) is 39.1 Å². The van der Waals surface area contributed by atoms with Gasteiger partial charge in [0.2, 0.25) is 34.9 Å². The van der Waals surface area contributed by atoms with Gasteiger partial charge in [-0.25, -0.2) is 22.0 Å². The molecule has 0 fully saturated rings. The summed E-state index contributed by atoms with van der Waals surface area (Å²) in [6, 6.07) is 17.4. The van der Waals surface area contributed by atoms with Gasteiger partial charge in [0.15, 0.2) is 28.8 Å². The molecule has 0 aliphatic rings. The highest BCUT2D eigenvalue weighted by molar-refractivity contribution is 6.01. The summed E-state index contributed by atoms with van der Waals surface area (Å²) in [6.07, 6.45) is 0. The van der Waals surface area contributed by atoms with Gasteiger partial charge < -0.3 is 24.7 Å². The van der Waals surface area contributed by atoms with Crippen LogP contribution in [0.1, 0.15) is 0 Å². The van der Waals surface area contributed by atoms with Crippen molar-refractivity contribution in [3.63, 3.8) is 0 Å². The molecule has 15 heteroatoms. The first-order valence-electron chi connectivity index (χ1n) is 15.5. The van der Waals surface area contributed by atoms with E-state index in [4.69, 9.17) is 4.74 Å². The standard InChI is InChI=1S/C38H19F10N4O/c1-53-15-4-2-14(3-5-15)24-18-10-12-22(51-18)25(27-29(39)33(43)37(47)34(44)30(27)40)20-8-6-16(49-20)17-7-9-21(50-17)26(23-13-11-19(24)52-23)28-31(41)35(45)38(48)36(46)32(28)42/h2-13,49-52H,1H3/q+1. The Morgan fingerprint density at radius 1 is 0.377 bits per heavy atom. The van der Waals surface area contributed by atoms with Crippen LogP contribution in [0.25, 0.3) is 77.5 Å². The minimum atomic E-state index is -2.35. The van der Waals surface area contributed by atoms with Crippen molar-refractivity contribution in [3.05, 3.63) is 131 Å². The van der Waals surface area contributed by atoms with Gasteiger partial charge in [0, 0.05) is 39.8 Å². The number of aromatic amines is 4. The maximum atomic E-state index is 15.5. The first-order valence-corrected chi connectivity index (χ1v) is 15.5. The molecule has 0 unspecified atom stereocenters. The van der Waals surface area contributed by atoms with E-state index in [1.165, 1.54) is 55.6 Å². The van der Waals surface area contributed by atoms with Crippen LogP contribution >= 0.6 is 0 Å². The monoisotopic (exact) mass is 737 g/mol. The number of hydrogen-bond donors (Lipinski definition) is 4. The summed E-state index contributed by atoms with van der Waals surface area (Å²) >= 11 is 0. The maximum Gasteiger partial charge on any atom is 0.239 e. The number of fused-ring (bicyclic) bond motifs is 9. The molecule has 8 rings (SSSR count). The van der Waals surface area contributed by atoms with Gasteiger partial charge in [-0.15, -0.1) is 0 Å². The summed E-state index contributed by atoms with van der Waals surface area (Å²) in [5.41, 5.74) is -2.37. The lowest BCUT2D eigenvalue weighted by atomic mass is 10.0. The second kappa shape index (κ2) is 12.3. The van der Waals surface area contributed by atoms with E-state index in [0.29, 0.717) is 16.9 Å². The quantitative estimate of drug-likeness (QED) is 0.0618. The molecule has 0 aliphatic carbocycles. The summed E-state index contributed by atoms with van der Waals surface area (Å²) < 4.78 is 154. The van der Waals surface area contributed by atoms with Crippen molar-refractivity contribution in [1.29, 1.82) is 0 Å². The Labute approximate surface area is 289 Å². The molecule has 8 bridgehead atoms. The van der Waals surface area contributed by atoms with E-state index in [0.717, 1.165) is 0 Å². The van der Waals surface area contributed by atoms with Crippen molar-refractivity contribution in [1.82, 2.24) is 19.9 Å². The van der Waals surface area contributed by atoms with Crippen LogP contribution in [0.3, 0.4) is 0 Å². The number of rotatable bonds is 4. The van der Waals surface area contributed by atoms with Crippen LogP contribution in [0.15, 0.2) is 72.8 Å². The molecule has 0 spiro atoms. The molecule has 8 aromatic rings. The number of methoxy groups -OCH3 is 1. The minimum absolute atomic E-state index is 0.0925. The second-order valence-corrected chi connectivity index (χ2v) is 11.9. The zero-order chi connectivity index (χ0) is 37.5. The lowest BCUT2D eigenvalue weighted by molar-refractivity contribution is 0.381. The molecule has 266 valence electrons. The lowest BCUT2D eigenvalue weighted by Gasteiger charge is -2.09. The van der Waals surface area contributed by atoms with E-state index < -0.39 is 80.4 Å². The highest BCUT2D eigenvalue weighted by atomic mass is 19.2. The number of hydrogen-bond acceptors (Lipinski definition) is 1. The van der Waals surface area contributed by atoms with Gasteiger partial charge in [-0.2, -0.15) is 22.0 Å². The predicted molar refractivity (Wildman–Crippen MR) is 178 cm³/mol. The van der Waals surface area contributed by atoms with Crippen LogP contribution in [0.5, 0.6) is 5.75 Å². The average Bonchev–Trinajstić information content (AvgIpc) is 4.00. The van der Waals surface area contributed by atoms with Crippen molar-refractivity contribution in [2.45, 2.75) is 0 Å². The van der Waals surface area contributed by atoms with Crippen LogP contribution in [0, 0.1) is 58.2 Å². The van der Waals surface area contributed by atoms with Gasteiger partial charge in [0.1, 0.15) is 22.3 Å². The first kappa shape index (κ1) is 33.6. The molecule has 0 aliphatic heterocycles. The molecule has 0 amide bonds. The third-order valence-corrected chi connectivity index (χ3v) is 8.95. The fourth-order valence-corrected chi connectivity index (χ4v) is 6.46. The molecular weight excluding hydrogens is 718 g/mol. The van der Waals surface area contributed by atoms with Gasteiger partial charge in [-0.3, -0.25) is 0 Å². The van der Waals surface area contributed by atoms with Gasteiger partial charge in [0.25, 0.3) is 0 Å². The third kappa shape index (κ3) is 5.13. The Hall–Kier alpha value is -6.51. The fraction of sp³-hybridized carbons (Fsp3) is 0.0263. The number of aromatic nitrogens is 4. The largest absolute Gasteiger partial charge is 0.497 e. The third-order valence-electron chi connectivity index (χ3n) is 8.95. The topological polar surface area (TPSA) is 72.4 Å². The number of benzene rings is 3. The Bertz CT molecular complexity index is 2660. The van der Waals surface area contributed by atoms with Crippen molar-refractivity contribution in [2.75, 3.05) is 7.11 Å². The normalized spacial score (nSPS) is 11.7. The summed E-state index contributed by atoms with van der Waals surface area (Å²) in [5, 5.41) is 0. The fourth-order valence-electron chi connectivity index (χ4n) is 6.46. The molecule has 5 nitrogen and oxygen atoms in total. The van der Waals surface area contributed by atoms with Gasteiger partial charge in [0.05, 0.1) is 29.2 Å². The highest BCUT2D eigenvalue weighted by Crippen LogP contribution is 2.40. The maximum absolute atomic E-state index is 15.5. The van der Waals surface area contributed by atoms with Crippen LogP contribution in [-0.2, 0) is 0 Å². The van der Waals surface area contributed by atoms with E-state index in [9.17, 15) is 26.3 Å². The molecule has 0 atom stereocenters. The Morgan fingerprint density at radius 3 is 1.30 bits per heavy atom. The van der Waals surface area contributed by atoms with Crippen LogP contribution < -0.4 is 4.74 Å². The van der Waals surface area contributed by atoms with E-state index >= 15 is 17.6 Å². The molecule has 3 aromatic carbocycles.